The highest BCUT2D eigenvalue weighted by atomic mass is 35.5. The van der Waals surface area contributed by atoms with Crippen LogP contribution in [0.3, 0.4) is 0 Å². The van der Waals surface area contributed by atoms with Crippen molar-refractivity contribution in [3.8, 4) is 5.75 Å². The molecule has 0 radical (unpaired) electrons. The van der Waals surface area contributed by atoms with E-state index in [1.54, 1.807) is 48.5 Å². The molecular weight excluding hydrogens is 475 g/mol. The number of ether oxygens (including phenoxy) is 1. The number of rotatable bonds is 10. The van der Waals surface area contributed by atoms with Crippen molar-refractivity contribution in [1.29, 1.82) is 0 Å². The van der Waals surface area contributed by atoms with E-state index in [0.717, 1.165) is 12.0 Å². The molecule has 3 aromatic carbocycles. The lowest BCUT2D eigenvalue weighted by atomic mass is 10.1. The summed E-state index contributed by atoms with van der Waals surface area (Å²) in [6.07, 6.45) is 2.26. The molecule has 8 heteroatoms. The second-order valence-electron chi connectivity index (χ2n) is 7.29. The number of hydrogen-bond acceptors (Lipinski definition) is 4. The lowest BCUT2D eigenvalue weighted by Crippen LogP contribution is -2.36. The topological polar surface area (TPSA) is 87.7 Å². The summed E-state index contributed by atoms with van der Waals surface area (Å²) < 4.78 is 5.75. The van der Waals surface area contributed by atoms with Crippen LogP contribution in [0.15, 0.2) is 78.5 Å². The Hall–Kier alpha value is -3.32. The molecule has 6 nitrogen and oxygen atoms in total. The zero-order valence-electron chi connectivity index (χ0n) is 18.3. The van der Waals surface area contributed by atoms with Gasteiger partial charge in [0.15, 0.2) is 0 Å². The monoisotopic (exact) mass is 498 g/mol. The van der Waals surface area contributed by atoms with Gasteiger partial charge in [-0.05, 0) is 65.7 Å². The molecule has 0 heterocycles. The maximum atomic E-state index is 12.8. The third-order valence-corrected chi connectivity index (χ3v) is 5.26. The summed E-state index contributed by atoms with van der Waals surface area (Å²) in [5.74, 6) is -0.338. The highest BCUT2D eigenvalue weighted by Crippen LogP contribution is 2.16. The molecule has 34 heavy (non-hydrogen) atoms. The number of aliphatic hydroxyl groups is 1. The van der Waals surface area contributed by atoms with Crippen LogP contribution < -0.4 is 15.4 Å². The Kier molecular flexibility index (Phi) is 9.52. The van der Waals surface area contributed by atoms with Crippen LogP contribution in [0.1, 0.15) is 21.5 Å². The number of carbonyl (C=O) groups is 2. The highest BCUT2D eigenvalue weighted by Gasteiger charge is 2.14. The van der Waals surface area contributed by atoms with Crippen LogP contribution in [-0.2, 0) is 11.2 Å². The van der Waals surface area contributed by atoms with E-state index < -0.39 is 11.8 Å². The first-order valence-corrected chi connectivity index (χ1v) is 11.3. The highest BCUT2D eigenvalue weighted by molar-refractivity contribution is 6.30. The van der Waals surface area contributed by atoms with Gasteiger partial charge in [0.05, 0.1) is 13.2 Å². The van der Waals surface area contributed by atoms with E-state index in [0.29, 0.717) is 33.5 Å². The van der Waals surface area contributed by atoms with E-state index in [-0.39, 0.29) is 18.8 Å². The number of amides is 2. The Morgan fingerprint density at radius 3 is 2.12 bits per heavy atom. The molecule has 0 aliphatic rings. The fourth-order valence-electron chi connectivity index (χ4n) is 2.98. The van der Waals surface area contributed by atoms with Gasteiger partial charge in [-0.25, -0.2) is 0 Å². The maximum absolute atomic E-state index is 12.8. The van der Waals surface area contributed by atoms with Crippen LogP contribution in [0.5, 0.6) is 5.75 Å². The summed E-state index contributed by atoms with van der Waals surface area (Å²) in [5, 5.41) is 15.4. The normalized spacial score (nSPS) is 11.1. The second-order valence-corrected chi connectivity index (χ2v) is 8.17. The Bertz CT molecular complexity index is 1130. The number of nitrogens with one attached hydrogen (secondary N) is 2. The van der Waals surface area contributed by atoms with Crippen molar-refractivity contribution in [2.24, 2.45) is 0 Å². The van der Waals surface area contributed by atoms with Crippen molar-refractivity contribution in [2.45, 2.75) is 6.42 Å². The molecule has 0 unspecified atom stereocenters. The standard InChI is InChI=1S/C26H24Cl2N2O4/c27-21-7-1-18(2-8-21)13-16-34-23-11-5-20(6-12-23)25(32)30-24(26(33)29-14-15-31)17-19-3-9-22(28)10-4-19/h1-12,17,31H,13-16H2,(H,29,33)(H,30,32)/b24-17+. The van der Waals surface area contributed by atoms with E-state index in [1.165, 1.54) is 6.08 Å². The quantitative estimate of drug-likeness (QED) is 0.359. The summed E-state index contributed by atoms with van der Waals surface area (Å²) in [4.78, 5) is 25.3. The lowest BCUT2D eigenvalue weighted by molar-refractivity contribution is -0.117. The average Bonchev–Trinajstić information content (AvgIpc) is 2.85. The van der Waals surface area contributed by atoms with Crippen molar-refractivity contribution < 1.29 is 19.4 Å². The third kappa shape index (κ3) is 7.92. The van der Waals surface area contributed by atoms with E-state index >= 15 is 0 Å². The van der Waals surface area contributed by atoms with Crippen molar-refractivity contribution in [3.63, 3.8) is 0 Å². The second kappa shape index (κ2) is 12.8. The zero-order valence-corrected chi connectivity index (χ0v) is 19.8. The minimum Gasteiger partial charge on any atom is -0.493 e. The van der Waals surface area contributed by atoms with Crippen LogP contribution in [0.25, 0.3) is 6.08 Å². The van der Waals surface area contributed by atoms with Gasteiger partial charge in [-0.2, -0.15) is 0 Å². The van der Waals surface area contributed by atoms with Gasteiger partial charge in [0.1, 0.15) is 11.4 Å². The molecule has 0 saturated carbocycles. The molecule has 0 bridgehead atoms. The van der Waals surface area contributed by atoms with Crippen molar-refractivity contribution in [3.05, 3.63) is 105 Å². The molecule has 3 aromatic rings. The minimum absolute atomic E-state index is 0.0454. The number of carbonyl (C=O) groups excluding carboxylic acids is 2. The van der Waals surface area contributed by atoms with Crippen molar-refractivity contribution in [1.82, 2.24) is 10.6 Å². The van der Waals surface area contributed by atoms with E-state index in [4.69, 9.17) is 33.0 Å². The lowest BCUT2D eigenvalue weighted by Gasteiger charge is -2.11. The molecule has 0 saturated heterocycles. The molecule has 176 valence electrons. The van der Waals surface area contributed by atoms with Gasteiger partial charge >= 0.3 is 0 Å². The Morgan fingerprint density at radius 1 is 0.882 bits per heavy atom. The number of aliphatic hydroxyl groups excluding tert-OH is 1. The van der Waals surface area contributed by atoms with E-state index in [2.05, 4.69) is 10.6 Å². The minimum atomic E-state index is -0.514. The number of hydrogen-bond donors (Lipinski definition) is 3. The van der Waals surface area contributed by atoms with Gasteiger partial charge in [-0.3, -0.25) is 9.59 Å². The van der Waals surface area contributed by atoms with Gasteiger partial charge in [0.2, 0.25) is 0 Å². The van der Waals surface area contributed by atoms with Crippen LogP contribution >= 0.6 is 23.2 Å². The van der Waals surface area contributed by atoms with Gasteiger partial charge in [-0.1, -0.05) is 47.5 Å². The molecule has 0 atom stereocenters. The van der Waals surface area contributed by atoms with Gasteiger partial charge in [-0.15, -0.1) is 0 Å². The molecule has 3 rings (SSSR count). The molecule has 0 spiro atoms. The van der Waals surface area contributed by atoms with Crippen LogP contribution in [0.2, 0.25) is 10.0 Å². The molecular formula is C26H24Cl2N2O4. The smallest absolute Gasteiger partial charge is 0.267 e. The largest absolute Gasteiger partial charge is 0.493 e. The Balaban J connectivity index is 1.63. The van der Waals surface area contributed by atoms with Gasteiger partial charge < -0.3 is 20.5 Å². The molecule has 0 fully saturated rings. The molecule has 0 aromatic heterocycles. The number of halogens is 2. The average molecular weight is 499 g/mol. The van der Waals surface area contributed by atoms with E-state index in [1.807, 2.05) is 24.3 Å². The molecule has 3 N–H and O–H groups in total. The molecule has 0 aliphatic heterocycles. The van der Waals surface area contributed by atoms with Crippen LogP contribution in [0.4, 0.5) is 0 Å². The SMILES string of the molecule is O=C(NCCO)/C(=C\c1ccc(Cl)cc1)NC(=O)c1ccc(OCCc2ccc(Cl)cc2)cc1. The Morgan fingerprint density at radius 2 is 1.50 bits per heavy atom. The van der Waals surface area contributed by atoms with Crippen molar-refractivity contribution in [2.75, 3.05) is 19.8 Å². The Labute approximate surface area is 208 Å². The van der Waals surface area contributed by atoms with Crippen LogP contribution in [-0.4, -0.2) is 36.7 Å². The fourth-order valence-corrected chi connectivity index (χ4v) is 3.24. The third-order valence-electron chi connectivity index (χ3n) is 4.76. The van der Waals surface area contributed by atoms with Gasteiger partial charge in [0.25, 0.3) is 11.8 Å². The number of benzene rings is 3. The zero-order chi connectivity index (χ0) is 24.3. The molecule has 2 amide bonds. The van der Waals surface area contributed by atoms with E-state index in [9.17, 15) is 9.59 Å². The summed E-state index contributed by atoms with van der Waals surface area (Å²) in [7, 11) is 0. The summed E-state index contributed by atoms with van der Waals surface area (Å²) >= 11 is 11.8. The van der Waals surface area contributed by atoms with Crippen molar-refractivity contribution >= 4 is 41.1 Å². The first-order valence-electron chi connectivity index (χ1n) is 10.6. The predicted octanol–water partition coefficient (Wildman–Crippen LogP) is 4.49. The fraction of sp³-hybridized carbons (Fsp3) is 0.154. The predicted molar refractivity (Wildman–Crippen MR) is 134 cm³/mol. The maximum Gasteiger partial charge on any atom is 0.267 e. The molecule has 0 aliphatic carbocycles. The summed E-state index contributed by atoms with van der Waals surface area (Å²) in [6, 6.07) is 21.0. The summed E-state index contributed by atoms with van der Waals surface area (Å²) in [5.41, 5.74) is 2.20. The van der Waals surface area contributed by atoms with Gasteiger partial charge in [0, 0.05) is 28.6 Å². The first kappa shape index (κ1) is 25.3. The summed E-state index contributed by atoms with van der Waals surface area (Å²) in [6.45, 7) is 0.328. The van der Waals surface area contributed by atoms with Crippen LogP contribution in [0, 0.1) is 0 Å². The first-order chi connectivity index (χ1) is 16.4.